The lowest BCUT2D eigenvalue weighted by atomic mass is 10.2. The largest absolute Gasteiger partial charge is 0.278 e. The monoisotopic (exact) mass is 349 g/mol. The van der Waals surface area contributed by atoms with Crippen LogP contribution in [0.15, 0.2) is 58.5 Å². The maximum atomic E-state index is 12.4. The van der Waals surface area contributed by atoms with Crippen LogP contribution in [0, 0.1) is 0 Å². The van der Waals surface area contributed by atoms with Gasteiger partial charge in [0.2, 0.25) is 10.0 Å². The number of aromatic amines is 1. The number of nitrogens with one attached hydrogen (secondary N) is 2. The van der Waals surface area contributed by atoms with Gasteiger partial charge in [-0.15, -0.1) is 0 Å². The van der Waals surface area contributed by atoms with Crippen molar-refractivity contribution >= 4 is 31.7 Å². The van der Waals surface area contributed by atoms with Gasteiger partial charge in [-0.05, 0) is 35.9 Å². The predicted octanol–water partition coefficient (Wildman–Crippen LogP) is 1.78. The first-order valence-electron chi connectivity index (χ1n) is 6.81. The van der Waals surface area contributed by atoms with E-state index in [0.29, 0.717) is 10.4 Å². The molecule has 0 saturated carbocycles. The summed E-state index contributed by atoms with van der Waals surface area (Å²) in [5.74, 6) is 0. The Bertz CT molecular complexity index is 963. The zero-order chi connectivity index (χ0) is 16.4. The summed E-state index contributed by atoms with van der Waals surface area (Å²) in [5.41, 5.74) is 1.47. The fraction of sp³-hybridized carbons (Fsp3) is 0.133. The number of nitrogens with zero attached hydrogens (tertiary/aromatic N) is 1. The topological polar surface area (TPSA) is 91.9 Å². The van der Waals surface area contributed by atoms with Crippen LogP contribution in [0.1, 0.15) is 5.56 Å². The number of rotatable bonds is 5. The van der Waals surface area contributed by atoms with E-state index in [2.05, 4.69) is 14.9 Å². The molecule has 0 aliphatic rings. The second-order valence-electron chi connectivity index (χ2n) is 5.04. The first-order valence-corrected chi connectivity index (χ1v) is 9.85. The van der Waals surface area contributed by atoms with Crippen LogP contribution in [0.3, 0.4) is 0 Å². The fourth-order valence-electron chi connectivity index (χ4n) is 2.14. The predicted molar refractivity (Wildman–Crippen MR) is 88.9 cm³/mol. The van der Waals surface area contributed by atoms with E-state index in [1.54, 1.807) is 54.9 Å². The van der Waals surface area contributed by atoms with Gasteiger partial charge in [0.15, 0.2) is 0 Å². The zero-order valence-electron chi connectivity index (χ0n) is 12.3. The number of sulfonamides is 1. The van der Waals surface area contributed by atoms with Crippen molar-refractivity contribution in [2.75, 3.05) is 6.26 Å². The molecule has 0 saturated heterocycles. The average molecular weight is 349 g/mol. The molecule has 2 aromatic carbocycles. The molecule has 8 heteroatoms. The van der Waals surface area contributed by atoms with Gasteiger partial charge in [-0.1, -0.05) is 12.1 Å². The second-order valence-corrected chi connectivity index (χ2v) is 8.19. The van der Waals surface area contributed by atoms with Crippen molar-refractivity contribution in [2.24, 2.45) is 0 Å². The van der Waals surface area contributed by atoms with Crippen molar-refractivity contribution in [3.8, 4) is 0 Å². The lowest BCUT2D eigenvalue weighted by Gasteiger charge is -2.07. The molecule has 0 bridgehead atoms. The smallest absolute Gasteiger partial charge is 0.240 e. The van der Waals surface area contributed by atoms with Crippen molar-refractivity contribution in [3.63, 3.8) is 0 Å². The van der Waals surface area contributed by atoms with Crippen molar-refractivity contribution in [1.82, 2.24) is 14.9 Å². The summed E-state index contributed by atoms with van der Waals surface area (Å²) in [4.78, 5) is 0.891. The molecule has 0 aliphatic carbocycles. The minimum Gasteiger partial charge on any atom is -0.278 e. The number of benzene rings is 2. The normalized spacial score (nSPS) is 13.3. The molecule has 120 valence electrons. The minimum absolute atomic E-state index is 0.167. The van der Waals surface area contributed by atoms with Crippen molar-refractivity contribution < 1.29 is 12.6 Å². The Morgan fingerprint density at radius 3 is 2.61 bits per heavy atom. The van der Waals surface area contributed by atoms with Gasteiger partial charge in [0.05, 0.1) is 16.6 Å². The van der Waals surface area contributed by atoms with Crippen molar-refractivity contribution in [1.29, 1.82) is 0 Å². The fourth-order valence-corrected chi connectivity index (χ4v) is 3.71. The minimum atomic E-state index is -3.61. The summed E-state index contributed by atoms with van der Waals surface area (Å²) < 4.78 is 38.6. The molecule has 2 N–H and O–H groups in total. The van der Waals surface area contributed by atoms with Crippen LogP contribution in [0.25, 0.3) is 10.9 Å². The van der Waals surface area contributed by atoms with E-state index in [1.165, 1.54) is 0 Å². The third kappa shape index (κ3) is 3.49. The molecule has 3 aromatic rings. The average Bonchev–Trinajstić information content (AvgIpc) is 3.01. The molecular weight excluding hydrogens is 334 g/mol. The van der Waals surface area contributed by atoms with Crippen LogP contribution >= 0.6 is 0 Å². The number of aromatic nitrogens is 2. The number of H-pyrrole nitrogens is 1. The Kier molecular flexibility index (Phi) is 4.29. The van der Waals surface area contributed by atoms with E-state index in [1.807, 2.05) is 0 Å². The van der Waals surface area contributed by atoms with Crippen molar-refractivity contribution in [3.05, 3.63) is 54.2 Å². The van der Waals surface area contributed by atoms with Gasteiger partial charge in [0.25, 0.3) is 0 Å². The highest BCUT2D eigenvalue weighted by atomic mass is 32.2. The summed E-state index contributed by atoms with van der Waals surface area (Å²) in [6, 6.07) is 11.8. The highest BCUT2D eigenvalue weighted by molar-refractivity contribution is 7.89. The summed E-state index contributed by atoms with van der Waals surface area (Å²) >= 11 is 0. The highest BCUT2D eigenvalue weighted by Gasteiger charge is 2.14. The quantitative estimate of drug-likeness (QED) is 0.734. The number of fused-ring (bicyclic) bond motifs is 1. The molecule has 6 nitrogen and oxygen atoms in total. The summed E-state index contributed by atoms with van der Waals surface area (Å²) in [6.45, 7) is 0.167. The third-order valence-electron chi connectivity index (χ3n) is 3.45. The molecular formula is C15H15N3O3S2. The maximum Gasteiger partial charge on any atom is 0.240 e. The lowest BCUT2D eigenvalue weighted by molar-refractivity contribution is 0.581. The van der Waals surface area contributed by atoms with Gasteiger partial charge >= 0.3 is 0 Å². The Hall–Kier alpha value is -2.03. The van der Waals surface area contributed by atoms with Gasteiger partial charge in [-0.2, -0.15) is 5.10 Å². The van der Waals surface area contributed by atoms with E-state index in [-0.39, 0.29) is 11.4 Å². The van der Waals surface area contributed by atoms with Crippen LogP contribution in [0.5, 0.6) is 0 Å². The Balaban J connectivity index is 1.76. The SMILES string of the molecule is CS(=O)c1ccc(CNS(=O)(=O)c2ccc3cn[nH]c3c2)cc1. The van der Waals surface area contributed by atoms with Gasteiger partial charge < -0.3 is 0 Å². The molecule has 0 spiro atoms. The molecule has 0 fully saturated rings. The van der Waals surface area contributed by atoms with Crippen LogP contribution in [0.4, 0.5) is 0 Å². The standard InChI is InChI=1S/C15H15N3O3S2/c1-22(19)13-5-2-11(3-6-13)9-17-23(20,21)14-7-4-12-10-16-18-15(12)8-14/h2-8,10,17H,9H2,1H3,(H,16,18). The third-order valence-corrected chi connectivity index (χ3v) is 5.78. The van der Waals surface area contributed by atoms with E-state index in [9.17, 15) is 12.6 Å². The van der Waals surface area contributed by atoms with Gasteiger partial charge in [-0.25, -0.2) is 13.1 Å². The molecule has 1 aromatic heterocycles. The van der Waals surface area contributed by atoms with Crippen LogP contribution in [0.2, 0.25) is 0 Å². The lowest BCUT2D eigenvalue weighted by Crippen LogP contribution is -2.23. The Morgan fingerprint density at radius 1 is 1.17 bits per heavy atom. The Labute approximate surface area is 136 Å². The van der Waals surface area contributed by atoms with Crippen LogP contribution in [-0.2, 0) is 27.4 Å². The maximum absolute atomic E-state index is 12.4. The zero-order valence-corrected chi connectivity index (χ0v) is 13.9. The van der Waals surface area contributed by atoms with Crippen LogP contribution < -0.4 is 4.72 Å². The first-order chi connectivity index (χ1) is 11.0. The first kappa shape index (κ1) is 15.9. The number of hydrogen-bond donors (Lipinski definition) is 2. The van der Waals surface area contributed by atoms with Crippen LogP contribution in [-0.4, -0.2) is 29.1 Å². The highest BCUT2D eigenvalue weighted by Crippen LogP contribution is 2.17. The molecule has 0 amide bonds. The van der Waals surface area contributed by atoms with Gasteiger partial charge in [0.1, 0.15) is 0 Å². The second kappa shape index (κ2) is 6.23. The molecule has 0 aliphatic heterocycles. The molecule has 0 radical (unpaired) electrons. The molecule has 1 atom stereocenters. The number of hydrogen-bond acceptors (Lipinski definition) is 4. The molecule has 1 heterocycles. The van der Waals surface area contributed by atoms with Gasteiger partial charge in [0, 0.05) is 33.9 Å². The van der Waals surface area contributed by atoms with E-state index in [4.69, 9.17) is 0 Å². The van der Waals surface area contributed by atoms with E-state index < -0.39 is 20.8 Å². The van der Waals surface area contributed by atoms with Crippen molar-refractivity contribution in [2.45, 2.75) is 16.3 Å². The van der Waals surface area contributed by atoms with Gasteiger partial charge in [-0.3, -0.25) is 9.31 Å². The molecule has 23 heavy (non-hydrogen) atoms. The summed E-state index contributed by atoms with van der Waals surface area (Å²) in [5, 5.41) is 7.48. The summed E-state index contributed by atoms with van der Waals surface area (Å²) in [6.07, 6.45) is 3.24. The summed E-state index contributed by atoms with van der Waals surface area (Å²) in [7, 11) is -4.66. The molecule has 1 unspecified atom stereocenters. The van der Waals surface area contributed by atoms with E-state index in [0.717, 1.165) is 10.9 Å². The molecule has 3 rings (SSSR count). The van der Waals surface area contributed by atoms with E-state index >= 15 is 0 Å². The Morgan fingerprint density at radius 2 is 1.91 bits per heavy atom.